The SMILES string of the molecule is CS(=O)(=O)c1ccc(Nc2cc(F)cc(C#N)c2)c2cn[nH]c12. The van der Waals surface area contributed by atoms with Crippen molar-refractivity contribution < 1.29 is 12.8 Å². The van der Waals surface area contributed by atoms with Crippen LogP contribution in [0.3, 0.4) is 0 Å². The van der Waals surface area contributed by atoms with Crippen molar-refractivity contribution in [2.75, 3.05) is 11.6 Å². The summed E-state index contributed by atoms with van der Waals surface area (Å²) in [6.45, 7) is 0. The molecule has 0 aliphatic rings. The second-order valence-electron chi connectivity index (χ2n) is 5.01. The number of benzene rings is 2. The second kappa shape index (κ2) is 5.37. The predicted molar refractivity (Wildman–Crippen MR) is 83.6 cm³/mol. The van der Waals surface area contributed by atoms with Crippen LogP contribution in [0.15, 0.2) is 41.4 Å². The largest absolute Gasteiger partial charge is 0.355 e. The Kier molecular flexibility index (Phi) is 3.50. The quantitative estimate of drug-likeness (QED) is 0.769. The Balaban J connectivity index is 2.11. The molecular weight excluding hydrogens is 319 g/mol. The Morgan fingerprint density at radius 2 is 2.09 bits per heavy atom. The summed E-state index contributed by atoms with van der Waals surface area (Å²) in [4.78, 5) is 0.132. The van der Waals surface area contributed by atoms with Gasteiger partial charge in [-0.1, -0.05) is 0 Å². The van der Waals surface area contributed by atoms with Crippen LogP contribution >= 0.6 is 0 Å². The van der Waals surface area contributed by atoms with Gasteiger partial charge in [0.15, 0.2) is 9.84 Å². The zero-order chi connectivity index (χ0) is 16.6. The Bertz CT molecular complexity index is 1050. The topological polar surface area (TPSA) is 98.6 Å². The molecule has 3 rings (SSSR count). The highest BCUT2D eigenvalue weighted by Gasteiger charge is 2.16. The van der Waals surface area contributed by atoms with E-state index < -0.39 is 15.7 Å². The number of aromatic amines is 1. The molecule has 2 N–H and O–H groups in total. The van der Waals surface area contributed by atoms with Crippen LogP contribution < -0.4 is 5.32 Å². The summed E-state index contributed by atoms with van der Waals surface area (Å²) in [5.41, 5.74) is 1.49. The third-order valence-corrected chi connectivity index (χ3v) is 4.42. The van der Waals surface area contributed by atoms with Crippen LogP contribution in [-0.4, -0.2) is 24.9 Å². The lowest BCUT2D eigenvalue weighted by atomic mass is 10.2. The highest BCUT2D eigenvalue weighted by atomic mass is 32.2. The molecule has 6 nitrogen and oxygen atoms in total. The third-order valence-electron chi connectivity index (χ3n) is 3.28. The van der Waals surface area contributed by atoms with E-state index in [1.807, 2.05) is 6.07 Å². The van der Waals surface area contributed by atoms with Crippen molar-refractivity contribution in [2.45, 2.75) is 4.90 Å². The normalized spacial score (nSPS) is 11.3. The maximum absolute atomic E-state index is 13.5. The molecule has 0 radical (unpaired) electrons. The minimum atomic E-state index is -3.41. The number of halogens is 1. The van der Waals surface area contributed by atoms with Crippen molar-refractivity contribution in [3.8, 4) is 6.07 Å². The lowest BCUT2D eigenvalue weighted by molar-refractivity contribution is 0.602. The van der Waals surface area contributed by atoms with Gasteiger partial charge in [0.1, 0.15) is 5.82 Å². The van der Waals surface area contributed by atoms with Gasteiger partial charge >= 0.3 is 0 Å². The molecule has 0 bridgehead atoms. The molecule has 1 aromatic heterocycles. The number of rotatable bonds is 3. The van der Waals surface area contributed by atoms with E-state index in [9.17, 15) is 12.8 Å². The number of nitrogens with one attached hydrogen (secondary N) is 2. The molecule has 0 unspecified atom stereocenters. The Morgan fingerprint density at radius 3 is 2.78 bits per heavy atom. The second-order valence-corrected chi connectivity index (χ2v) is 6.99. The van der Waals surface area contributed by atoms with Gasteiger partial charge in [-0.05, 0) is 30.3 Å². The molecule has 0 amide bonds. The average molecular weight is 330 g/mol. The van der Waals surface area contributed by atoms with Crippen LogP contribution in [0, 0.1) is 17.1 Å². The van der Waals surface area contributed by atoms with Crippen molar-refractivity contribution in [3.05, 3.63) is 47.9 Å². The summed E-state index contributed by atoms with van der Waals surface area (Å²) in [6.07, 6.45) is 2.60. The third kappa shape index (κ3) is 2.86. The number of aromatic nitrogens is 2. The highest BCUT2D eigenvalue weighted by molar-refractivity contribution is 7.91. The van der Waals surface area contributed by atoms with Gasteiger partial charge in [-0.25, -0.2) is 12.8 Å². The van der Waals surface area contributed by atoms with E-state index in [2.05, 4.69) is 15.5 Å². The molecule has 2 aromatic carbocycles. The summed E-state index contributed by atoms with van der Waals surface area (Å²) >= 11 is 0. The molecule has 8 heteroatoms. The molecule has 0 fully saturated rings. The number of hydrogen-bond donors (Lipinski definition) is 2. The van der Waals surface area contributed by atoms with Crippen molar-refractivity contribution in [1.29, 1.82) is 5.26 Å². The molecule has 0 saturated carbocycles. The molecule has 0 spiro atoms. The minimum absolute atomic E-state index is 0.132. The van der Waals surface area contributed by atoms with Crippen LogP contribution in [0.5, 0.6) is 0 Å². The lowest BCUT2D eigenvalue weighted by Crippen LogP contribution is -2.00. The number of anilines is 2. The van der Waals surface area contributed by atoms with Crippen LogP contribution in [0.4, 0.5) is 15.8 Å². The summed E-state index contributed by atoms with van der Waals surface area (Å²) in [7, 11) is -3.41. The summed E-state index contributed by atoms with van der Waals surface area (Å²) in [5, 5.41) is 19.0. The summed E-state index contributed by atoms with van der Waals surface area (Å²) in [6, 6.07) is 8.78. The molecule has 0 saturated heterocycles. The Morgan fingerprint density at radius 1 is 1.30 bits per heavy atom. The van der Waals surface area contributed by atoms with Gasteiger partial charge in [0.2, 0.25) is 0 Å². The molecular formula is C15H11FN4O2S. The fourth-order valence-corrected chi connectivity index (χ4v) is 3.15. The molecule has 116 valence electrons. The standard InChI is InChI=1S/C15H11FN4O2S/c1-23(21,22)14-3-2-13(12-8-18-20-15(12)14)19-11-5-9(7-17)4-10(16)6-11/h2-6,8,19H,1H3,(H,18,20). The van der Waals surface area contributed by atoms with Crippen molar-refractivity contribution in [1.82, 2.24) is 10.2 Å². The van der Waals surface area contributed by atoms with Crippen molar-refractivity contribution >= 4 is 32.1 Å². The zero-order valence-electron chi connectivity index (χ0n) is 12.0. The van der Waals surface area contributed by atoms with Crippen molar-refractivity contribution in [2.24, 2.45) is 0 Å². The highest BCUT2D eigenvalue weighted by Crippen LogP contribution is 2.30. The summed E-state index contributed by atoms with van der Waals surface area (Å²) < 4.78 is 37.1. The average Bonchev–Trinajstić information content (AvgIpc) is 2.95. The number of sulfone groups is 1. The van der Waals surface area contributed by atoms with Crippen LogP contribution in [0.2, 0.25) is 0 Å². The van der Waals surface area contributed by atoms with E-state index in [0.29, 0.717) is 22.3 Å². The zero-order valence-corrected chi connectivity index (χ0v) is 12.8. The van der Waals surface area contributed by atoms with E-state index in [4.69, 9.17) is 5.26 Å². The van der Waals surface area contributed by atoms with Crippen LogP contribution in [0.1, 0.15) is 5.56 Å². The van der Waals surface area contributed by atoms with E-state index >= 15 is 0 Å². The molecule has 0 aliphatic carbocycles. The lowest BCUT2D eigenvalue weighted by Gasteiger charge is -2.10. The van der Waals surface area contributed by atoms with E-state index in [1.54, 1.807) is 6.07 Å². The number of fused-ring (bicyclic) bond motifs is 1. The first-order chi connectivity index (χ1) is 10.9. The molecule has 3 aromatic rings. The maximum Gasteiger partial charge on any atom is 0.177 e. The predicted octanol–water partition coefficient (Wildman–Crippen LogP) is 2.72. The maximum atomic E-state index is 13.5. The van der Waals surface area contributed by atoms with Crippen molar-refractivity contribution in [3.63, 3.8) is 0 Å². The van der Waals surface area contributed by atoms with Gasteiger partial charge in [0.05, 0.1) is 28.2 Å². The number of H-pyrrole nitrogens is 1. The van der Waals surface area contributed by atoms with E-state index in [-0.39, 0.29) is 10.5 Å². The first-order valence-corrected chi connectivity index (χ1v) is 8.41. The van der Waals surface area contributed by atoms with Crippen LogP contribution in [-0.2, 0) is 9.84 Å². The van der Waals surface area contributed by atoms with Gasteiger partial charge in [-0.3, -0.25) is 5.10 Å². The molecule has 1 heterocycles. The number of nitrogens with zero attached hydrogens (tertiary/aromatic N) is 2. The Hall–Kier alpha value is -2.92. The molecule has 23 heavy (non-hydrogen) atoms. The van der Waals surface area contributed by atoms with Gasteiger partial charge in [-0.2, -0.15) is 10.4 Å². The van der Waals surface area contributed by atoms with Gasteiger partial charge in [-0.15, -0.1) is 0 Å². The Labute approximate surface area is 131 Å². The first-order valence-electron chi connectivity index (χ1n) is 6.52. The first kappa shape index (κ1) is 15.0. The fourth-order valence-electron chi connectivity index (χ4n) is 2.31. The monoisotopic (exact) mass is 330 g/mol. The van der Waals surface area contributed by atoms with Gasteiger partial charge < -0.3 is 5.32 Å². The summed E-state index contributed by atoms with van der Waals surface area (Å²) in [5.74, 6) is -0.539. The fraction of sp³-hybridized carbons (Fsp3) is 0.0667. The van der Waals surface area contributed by atoms with Gasteiger partial charge in [0, 0.05) is 23.0 Å². The van der Waals surface area contributed by atoms with E-state index in [1.165, 1.54) is 24.4 Å². The van der Waals surface area contributed by atoms with Gasteiger partial charge in [0.25, 0.3) is 0 Å². The van der Waals surface area contributed by atoms with E-state index in [0.717, 1.165) is 12.3 Å². The number of nitriles is 1. The van der Waals surface area contributed by atoms with Crippen LogP contribution in [0.25, 0.3) is 10.9 Å². The molecule has 0 aliphatic heterocycles. The minimum Gasteiger partial charge on any atom is -0.355 e. The number of hydrogen-bond acceptors (Lipinski definition) is 5. The molecule has 0 atom stereocenters. The smallest absolute Gasteiger partial charge is 0.177 e.